The third kappa shape index (κ3) is 1.78. The number of hydrogen-bond acceptors (Lipinski definition) is 6. The van der Waals surface area contributed by atoms with Gasteiger partial charge < -0.3 is 20.3 Å². The van der Waals surface area contributed by atoms with Crippen molar-refractivity contribution in [2.24, 2.45) is 0 Å². The lowest BCUT2D eigenvalue weighted by Crippen LogP contribution is -2.48. The van der Waals surface area contributed by atoms with Crippen LogP contribution in [0.3, 0.4) is 0 Å². The predicted molar refractivity (Wildman–Crippen MR) is 62.9 cm³/mol. The van der Waals surface area contributed by atoms with Crippen LogP contribution in [0.5, 0.6) is 5.75 Å². The third-order valence-corrected chi connectivity index (χ3v) is 3.51. The van der Waals surface area contributed by atoms with Gasteiger partial charge in [-0.15, -0.1) is 0 Å². The second-order valence-corrected chi connectivity index (χ2v) is 4.39. The van der Waals surface area contributed by atoms with E-state index in [4.69, 9.17) is 10.5 Å². The molecule has 1 aliphatic rings. The molecule has 1 aliphatic heterocycles. The van der Waals surface area contributed by atoms with E-state index < -0.39 is 0 Å². The molecule has 1 aromatic rings. The molecule has 1 fully saturated rings. The first-order valence-corrected chi connectivity index (χ1v) is 5.69. The lowest BCUT2D eigenvalue weighted by molar-refractivity contribution is -0.129. The summed E-state index contributed by atoms with van der Waals surface area (Å²) in [5.74, 6) is 1.05. The topological polar surface area (TPSA) is 71.7 Å². The van der Waals surface area contributed by atoms with E-state index in [1.165, 1.54) is 11.5 Å². The van der Waals surface area contributed by atoms with E-state index in [1.807, 2.05) is 4.90 Å². The standard InChI is InChI=1S/C9H14N4O2S/c1-12-3-4-13(5-6(12)14)9-7(15-2)8(10)11-16-9/h3-5H2,1-2H3,(H2,10,11). The molecule has 1 saturated heterocycles. The van der Waals surface area contributed by atoms with Crippen LogP contribution in [0.1, 0.15) is 0 Å². The van der Waals surface area contributed by atoms with Gasteiger partial charge >= 0.3 is 0 Å². The Labute approximate surface area is 97.8 Å². The number of piperazine rings is 1. The molecule has 7 heteroatoms. The number of hydrogen-bond donors (Lipinski definition) is 1. The van der Waals surface area contributed by atoms with Gasteiger partial charge in [0.2, 0.25) is 5.91 Å². The average Bonchev–Trinajstić information content (AvgIpc) is 2.63. The molecular weight excluding hydrogens is 228 g/mol. The second kappa shape index (κ2) is 4.17. The molecular formula is C9H14N4O2S. The van der Waals surface area contributed by atoms with Gasteiger partial charge in [0.25, 0.3) is 0 Å². The van der Waals surface area contributed by atoms with Gasteiger partial charge in [-0.3, -0.25) is 4.79 Å². The molecule has 0 bridgehead atoms. The second-order valence-electron chi connectivity index (χ2n) is 3.64. The summed E-state index contributed by atoms with van der Waals surface area (Å²) in [5, 5.41) is 0.835. The van der Waals surface area contributed by atoms with Crippen molar-refractivity contribution in [3.63, 3.8) is 0 Å². The molecule has 2 heterocycles. The zero-order valence-electron chi connectivity index (χ0n) is 9.27. The fourth-order valence-electron chi connectivity index (χ4n) is 1.61. The number of nitrogens with zero attached hydrogens (tertiary/aromatic N) is 3. The molecule has 88 valence electrons. The summed E-state index contributed by atoms with van der Waals surface area (Å²) in [7, 11) is 3.36. The van der Waals surface area contributed by atoms with Crippen LogP contribution in [0, 0.1) is 0 Å². The number of nitrogen functional groups attached to an aromatic ring is 1. The highest BCUT2D eigenvalue weighted by molar-refractivity contribution is 7.11. The number of anilines is 2. The van der Waals surface area contributed by atoms with E-state index in [0.717, 1.165) is 11.5 Å². The minimum absolute atomic E-state index is 0.0975. The lowest BCUT2D eigenvalue weighted by Gasteiger charge is -2.32. The number of carbonyl (C=O) groups is 1. The Hall–Kier alpha value is -1.50. The van der Waals surface area contributed by atoms with E-state index in [2.05, 4.69) is 4.37 Å². The number of likely N-dealkylation sites (N-methyl/N-ethyl adjacent to an activating group) is 1. The van der Waals surface area contributed by atoms with Gasteiger partial charge in [-0.05, 0) is 11.5 Å². The van der Waals surface area contributed by atoms with Crippen LogP contribution in [0.15, 0.2) is 0 Å². The summed E-state index contributed by atoms with van der Waals surface area (Å²) < 4.78 is 9.22. The maximum Gasteiger partial charge on any atom is 0.241 e. The number of methoxy groups -OCH3 is 1. The first-order valence-electron chi connectivity index (χ1n) is 4.91. The van der Waals surface area contributed by atoms with Crippen LogP contribution < -0.4 is 15.4 Å². The molecule has 16 heavy (non-hydrogen) atoms. The Morgan fingerprint density at radius 3 is 2.88 bits per heavy atom. The number of aromatic nitrogens is 1. The third-order valence-electron chi connectivity index (χ3n) is 2.61. The van der Waals surface area contributed by atoms with Crippen LogP contribution in [-0.2, 0) is 4.79 Å². The molecule has 0 aromatic carbocycles. The van der Waals surface area contributed by atoms with Crippen molar-refractivity contribution >= 4 is 28.3 Å². The maximum absolute atomic E-state index is 11.6. The van der Waals surface area contributed by atoms with Crippen LogP contribution in [0.2, 0.25) is 0 Å². The van der Waals surface area contributed by atoms with Crippen LogP contribution >= 0.6 is 11.5 Å². The number of nitrogens with two attached hydrogens (primary N) is 1. The van der Waals surface area contributed by atoms with Crippen molar-refractivity contribution in [3.8, 4) is 5.75 Å². The summed E-state index contributed by atoms with van der Waals surface area (Å²) in [6, 6.07) is 0. The summed E-state index contributed by atoms with van der Waals surface area (Å²) >= 11 is 1.27. The van der Waals surface area contributed by atoms with Gasteiger partial charge in [-0.25, -0.2) is 0 Å². The highest BCUT2D eigenvalue weighted by Crippen LogP contribution is 2.38. The maximum atomic E-state index is 11.6. The molecule has 6 nitrogen and oxygen atoms in total. The minimum Gasteiger partial charge on any atom is -0.490 e. The van der Waals surface area contributed by atoms with Crippen LogP contribution in [0.4, 0.5) is 10.8 Å². The Balaban J connectivity index is 2.21. The van der Waals surface area contributed by atoms with Gasteiger partial charge in [-0.1, -0.05) is 0 Å². The Morgan fingerprint density at radius 1 is 1.50 bits per heavy atom. The van der Waals surface area contributed by atoms with Crippen LogP contribution in [0.25, 0.3) is 0 Å². The van der Waals surface area contributed by atoms with E-state index in [1.54, 1.807) is 19.1 Å². The molecule has 0 radical (unpaired) electrons. The molecule has 2 rings (SSSR count). The lowest BCUT2D eigenvalue weighted by atomic mass is 10.3. The largest absolute Gasteiger partial charge is 0.490 e. The monoisotopic (exact) mass is 242 g/mol. The van der Waals surface area contributed by atoms with Gasteiger partial charge in [0.05, 0.1) is 13.7 Å². The van der Waals surface area contributed by atoms with E-state index in [-0.39, 0.29) is 5.91 Å². The Morgan fingerprint density at radius 2 is 2.25 bits per heavy atom. The molecule has 0 atom stereocenters. The molecule has 2 N–H and O–H groups in total. The molecule has 1 aromatic heterocycles. The fraction of sp³-hybridized carbons (Fsp3) is 0.556. The molecule has 0 spiro atoms. The number of carbonyl (C=O) groups excluding carboxylic acids is 1. The molecule has 0 unspecified atom stereocenters. The molecule has 1 amide bonds. The normalized spacial score (nSPS) is 16.8. The van der Waals surface area contributed by atoms with E-state index in [0.29, 0.717) is 24.7 Å². The van der Waals surface area contributed by atoms with E-state index >= 15 is 0 Å². The number of ether oxygens (including phenoxy) is 1. The Bertz CT molecular complexity index is 406. The van der Waals surface area contributed by atoms with Crippen molar-refractivity contribution in [2.45, 2.75) is 0 Å². The number of amides is 1. The molecule has 0 aliphatic carbocycles. The van der Waals surface area contributed by atoms with Gasteiger partial charge in [0.1, 0.15) is 0 Å². The highest BCUT2D eigenvalue weighted by Gasteiger charge is 2.26. The quantitative estimate of drug-likeness (QED) is 0.791. The van der Waals surface area contributed by atoms with Crippen molar-refractivity contribution in [1.29, 1.82) is 0 Å². The summed E-state index contributed by atoms with van der Waals surface area (Å²) in [6.45, 7) is 1.84. The number of rotatable bonds is 2. The SMILES string of the molecule is COc1c(N)nsc1N1CCN(C)C(=O)C1. The van der Waals surface area contributed by atoms with Crippen molar-refractivity contribution in [2.75, 3.05) is 44.4 Å². The summed E-state index contributed by atoms with van der Waals surface area (Å²) in [4.78, 5) is 15.2. The Kier molecular flexibility index (Phi) is 2.86. The van der Waals surface area contributed by atoms with Gasteiger partial charge in [0.15, 0.2) is 16.6 Å². The highest BCUT2D eigenvalue weighted by atomic mass is 32.1. The van der Waals surface area contributed by atoms with Crippen molar-refractivity contribution in [3.05, 3.63) is 0 Å². The zero-order valence-corrected chi connectivity index (χ0v) is 10.1. The van der Waals surface area contributed by atoms with E-state index in [9.17, 15) is 4.79 Å². The van der Waals surface area contributed by atoms with Crippen molar-refractivity contribution in [1.82, 2.24) is 9.27 Å². The van der Waals surface area contributed by atoms with Gasteiger partial charge in [0, 0.05) is 20.1 Å². The van der Waals surface area contributed by atoms with Crippen LogP contribution in [-0.4, -0.2) is 49.0 Å². The predicted octanol–water partition coefficient (Wildman–Crippen LogP) is 0.0123. The first kappa shape index (κ1) is 11.0. The van der Waals surface area contributed by atoms with Gasteiger partial charge in [-0.2, -0.15) is 4.37 Å². The summed E-state index contributed by atoms with van der Waals surface area (Å²) in [5.41, 5.74) is 5.67. The fourth-order valence-corrected chi connectivity index (χ4v) is 2.42. The average molecular weight is 242 g/mol. The smallest absolute Gasteiger partial charge is 0.241 e. The van der Waals surface area contributed by atoms with Crippen molar-refractivity contribution < 1.29 is 9.53 Å². The zero-order chi connectivity index (χ0) is 11.7. The molecule has 0 saturated carbocycles. The summed E-state index contributed by atoms with van der Waals surface area (Å²) in [6.07, 6.45) is 0. The first-order chi connectivity index (χ1) is 7.63. The minimum atomic E-state index is 0.0975.